The molecule has 111 valence electrons. The third-order valence-corrected chi connectivity index (χ3v) is 5.45. The van der Waals surface area contributed by atoms with Gasteiger partial charge in [-0.2, -0.15) is 9.57 Å². The first kappa shape index (κ1) is 15.8. The molecule has 0 aliphatic carbocycles. The zero-order chi connectivity index (χ0) is 15.6. The van der Waals surface area contributed by atoms with E-state index in [9.17, 15) is 13.2 Å². The summed E-state index contributed by atoms with van der Waals surface area (Å²) in [5, 5.41) is 9.19. The van der Waals surface area contributed by atoms with Gasteiger partial charge in [-0.25, -0.2) is 8.42 Å². The van der Waals surface area contributed by atoms with Crippen LogP contribution in [0.4, 0.5) is 0 Å². The molecule has 0 bridgehead atoms. The van der Waals surface area contributed by atoms with Gasteiger partial charge in [0.05, 0.1) is 16.9 Å². The number of nitrogens with zero attached hydrogens (tertiary/aromatic N) is 2. The van der Waals surface area contributed by atoms with Gasteiger partial charge >= 0.3 is 0 Å². The van der Waals surface area contributed by atoms with Gasteiger partial charge in [0, 0.05) is 11.6 Å². The van der Waals surface area contributed by atoms with Crippen molar-refractivity contribution in [1.82, 2.24) is 4.31 Å². The van der Waals surface area contributed by atoms with Crippen LogP contribution in [0.2, 0.25) is 5.02 Å². The van der Waals surface area contributed by atoms with Crippen molar-refractivity contribution in [1.29, 1.82) is 5.26 Å². The Morgan fingerprint density at radius 2 is 2.19 bits per heavy atom. The summed E-state index contributed by atoms with van der Waals surface area (Å²) in [5.74, 6) is -0.301. The molecule has 0 spiro atoms. The molecule has 0 aromatic heterocycles. The van der Waals surface area contributed by atoms with Crippen LogP contribution in [0.25, 0.3) is 0 Å². The molecule has 2 rings (SSSR count). The Bertz CT molecular complexity index is 699. The number of benzene rings is 1. The predicted octanol–water partition coefficient (Wildman–Crippen LogP) is 1.08. The van der Waals surface area contributed by atoms with Crippen molar-refractivity contribution in [2.24, 2.45) is 5.73 Å². The van der Waals surface area contributed by atoms with Gasteiger partial charge in [0.1, 0.15) is 6.04 Å². The molecule has 8 heteroatoms. The first-order chi connectivity index (χ1) is 9.86. The number of halogens is 1. The number of nitriles is 1. The largest absolute Gasteiger partial charge is 0.368 e. The van der Waals surface area contributed by atoms with E-state index in [2.05, 4.69) is 0 Å². The van der Waals surface area contributed by atoms with Crippen molar-refractivity contribution in [2.75, 3.05) is 6.54 Å². The van der Waals surface area contributed by atoms with E-state index in [0.717, 1.165) is 4.31 Å². The summed E-state index contributed by atoms with van der Waals surface area (Å²) < 4.78 is 26.3. The maximum atomic E-state index is 12.6. The van der Waals surface area contributed by atoms with Gasteiger partial charge in [0.15, 0.2) is 0 Å². The first-order valence-corrected chi connectivity index (χ1v) is 7.99. The van der Waals surface area contributed by atoms with Gasteiger partial charge in [-0.3, -0.25) is 4.79 Å². The van der Waals surface area contributed by atoms with Gasteiger partial charge in [-0.15, -0.1) is 0 Å². The number of amides is 1. The lowest BCUT2D eigenvalue weighted by Crippen LogP contribution is -2.51. The molecule has 1 aromatic carbocycles. The molecule has 2 N–H and O–H groups in total. The van der Waals surface area contributed by atoms with Crippen molar-refractivity contribution in [3.8, 4) is 6.07 Å². The first-order valence-electron chi connectivity index (χ1n) is 6.18. The second-order valence-corrected chi connectivity index (χ2v) is 6.99. The number of nitrogens with two attached hydrogens (primary N) is 1. The number of carbonyl (C=O) groups is 1. The lowest BCUT2D eigenvalue weighted by atomic mass is 9.93. The molecule has 0 saturated carbocycles. The summed E-state index contributed by atoms with van der Waals surface area (Å²) in [6.07, 6.45) is 0.325. The molecule has 1 radical (unpaired) electrons. The monoisotopic (exact) mass is 326 g/mol. The molecular weight excluding hydrogens is 314 g/mol. The fourth-order valence-corrected chi connectivity index (χ4v) is 4.13. The fourth-order valence-electron chi connectivity index (χ4n) is 2.23. The molecule has 1 heterocycles. The summed E-state index contributed by atoms with van der Waals surface area (Å²) in [6.45, 7) is 0.0470. The second kappa shape index (κ2) is 6.02. The summed E-state index contributed by atoms with van der Waals surface area (Å²) >= 11 is 5.81. The van der Waals surface area contributed by atoms with E-state index in [-0.39, 0.29) is 22.9 Å². The van der Waals surface area contributed by atoms with Crippen LogP contribution in [-0.2, 0) is 14.8 Å². The van der Waals surface area contributed by atoms with E-state index < -0.39 is 22.0 Å². The molecular formula is C13H13ClN3O3S. The molecule has 21 heavy (non-hydrogen) atoms. The Kier molecular flexibility index (Phi) is 4.52. The second-order valence-electron chi connectivity index (χ2n) is 4.66. The molecule has 6 nitrogen and oxygen atoms in total. The maximum Gasteiger partial charge on any atom is 0.243 e. The highest BCUT2D eigenvalue weighted by Crippen LogP contribution is 2.30. The van der Waals surface area contributed by atoms with Crippen LogP contribution in [0.1, 0.15) is 12.8 Å². The van der Waals surface area contributed by atoms with E-state index in [4.69, 9.17) is 22.6 Å². The third kappa shape index (κ3) is 3.18. The smallest absolute Gasteiger partial charge is 0.243 e. The van der Waals surface area contributed by atoms with E-state index in [1.54, 1.807) is 6.07 Å². The highest BCUT2D eigenvalue weighted by atomic mass is 35.5. The van der Waals surface area contributed by atoms with Crippen LogP contribution in [0, 0.1) is 17.2 Å². The van der Waals surface area contributed by atoms with E-state index in [1.165, 1.54) is 18.2 Å². The predicted molar refractivity (Wildman–Crippen MR) is 76.4 cm³/mol. The Labute approximate surface area is 128 Å². The van der Waals surface area contributed by atoms with Crippen molar-refractivity contribution in [2.45, 2.75) is 23.8 Å². The molecule has 1 amide bonds. The van der Waals surface area contributed by atoms with Crippen molar-refractivity contribution < 1.29 is 13.2 Å². The molecule has 1 fully saturated rings. The van der Waals surface area contributed by atoms with Gasteiger partial charge < -0.3 is 5.73 Å². The number of piperidine rings is 1. The zero-order valence-electron chi connectivity index (χ0n) is 11.0. The number of carbonyl (C=O) groups excluding carboxylic acids is 1. The Balaban J connectivity index is 2.39. The standard InChI is InChI=1S/C13H13ClN3O3S/c14-10-2-1-3-11(7-10)21(19,20)17-5-4-9(8-15)6-12(17)13(16)18/h1-3,7,12H,4-6H2,(H2,16,18). The number of sulfonamides is 1. The number of hydrogen-bond donors (Lipinski definition) is 1. The summed E-state index contributed by atoms with van der Waals surface area (Å²) in [7, 11) is -3.89. The maximum absolute atomic E-state index is 12.6. The number of primary amides is 1. The summed E-state index contributed by atoms with van der Waals surface area (Å²) in [6, 6.07) is 6.73. The Morgan fingerprint density at radius 3 is 2.76 bits per heavy atom. The minimum absolute atomic E-state index is 0.00153. The minimum atomic E-state index is -3.89. The Hall–Kier alpha value is -1.62. The average molecular weight is 327 g/mol. The van der Waals surface area contributed by atoms with E-state index >= 15 is 0 Å². The van der Waals surface area contributed by atoms with Crippen LogP contribution in [0.3, 0.4) is 0 Å². The summed E-state index contributed by atoms with van der Waals surface area (Å²) in [4.78, 5) is 11.5. The molecule has 1 aliphatic rings. The average Bonchev–Trinajstić information content (AvgIpc) is 2.46. The quantitative estimate of drug-likeness (QED) is 0.897. The summed E-state index contributed by atoms with van der Waals surface area (Å²) in [5.41, 5.74) is 5.29. The van der Waals surface area contributed by atoms with Crippen molar-refractivity contribution >= 4 is 27.5 Å². The number of hydrogen-bond acceptors (Lipinski definition) is 4. The van der Waals surface area contributed by atoms with Crippen LogP contribution in [-0.4, -0.2) is 31.2 Å². The lowest BCUT2D eigenvalue weighted by molar-refractivity contribution is -0.122. The Morgan fingerprint density at radius 1 is 1.48 bits per heavy atom. The van der Waals surface area contributed by atoms with Crippen molar-refractivity contribution in [3.05, 3.63) is 35.2 Å². The fraction of sp³-hybridized carbons (Fsp3) is 0.308. The highest BCUT2D eigenvalue weighted by Gasteiger charge is 2.40. The van der Waals surface area contributed by atoms with Crippen LogP contribution in [0.15, 0.2) is 29.2 Å². The highest BCUT2D eigenvalue weighted by molar-refractivity contribution is 7.89. The molecule has 1 atom stereocenters. The number of rotatable bonds is 3. The molecule has 1 saturated heterocycles. The van der Waals surface area contributed by atoms with Crippen LogP contribution in [0.5, 0.6) is 0 Å². The third-order valence-electron chi connectivity index (χ3n) is 3.31. The molecule has 1 unspecified atom stereocenters. The molecule has 1 aliphatic heterocycles. The topological polar surface area (TPSA) is 104 Å². The van der Waals surface area contributed by atoms with Crippen LogP contribution >= 0.6 is 11.6 Å². The lowest BCUT2D eigenvalue weighted by Gasteiger charge is -2.34. The van der Waals surface area contributed by atoms with Crippen LogP contribution < -0.4 is 5.73 Å². The zero-order valence-corrected chi connectivity index (χ0v) is 12.6. The van der Waals surface area contributed by atoms with Gasteiger partial charge in [-0.05, 0) is 31.0 Å². The van der Waals surface area contributed by atoms with E-state index in [0.29, 0.717) is 12.3 Å². The SMILES string of the molecule is N#C[C]1CCN(S(=O)(=O)c2cccc(Cl)c2)C(C(N)=O)C1. The van der Waals surface area contributed by atoms with Gasteiger partial charge in [0.25, 0.3) is 0 Å². The van der Waals surface area contributed by atoms with Crippen molar-refractivity contribution in [3.63, 3.8) is 0 Å². The minimum Gasteiger partial charge on any atom is -0.368 e. The van der Waals surface area contributed by atoms with E-state index in [1.807, 2.05) is 6.07 Å². The normalized spacial score (nSPS) is 20.9. The van der Waals surface area contributed by atoms with Gasteiger partial charge in [0.2, 0.25) is 15.9 Å². The molecule has 1 aromatic rings. The van der Waals surface area contributed by atoms with Gasteiger partial charge in [-0.1, -0.05) is 17.7 Å².